The molecule has 0 bridgehead atoms. The number of thiophene rings is 1. The minimum atomic E-state index is -0.0951. The molecule has 0 radical (unpaired) electrons. The van der Waals surface area contributed by atoms with E-state index in [1.54, 1.807) is 35.6 Å². The lowest BCUT2D eigenvalue weighted by Gasteiger charge is -2.34. The molecule has 122 valence electrons. The Morgan fingerprint density at radius 3 is 2.83 bits per heavy atom. The van der Waals surface area contributed by atoms with Crippen LogP contribution in [0.25, 0.3) is 0 Å². The van der Waals surface area contributed by atoms with E-state index in [-0.39, 0.29) is 11.9 Å². The fourth-order valence-corrected chi connectivity index (χ4v) is 3.75. The Kier molecular flexibility index (Phi) is 5.67. The van der Waals surface area contributed by atoms with Crippen molar-refractivity contribution in [2.24, 2.45) is 0 Å². The minimum absolute atomic E-state index is 0.0951. The molecule has 1 aromatic carbocycles. The second-order valence-electron chi connectivity index (χ2n) is 5.40. The topological polar surface area (TPSA) is 41.6 Å². The number of benzene rings is 1. The van der Waals surface area contributed by atoms with Crippen LogP contribution in [0.3, 0.4) is 0 Å². The third-order valence-electron chi connectivity index (χ3n) is 3.90. The third kappa shape index (κ3) is 4.32. The molecular formula is C17H19ClN2O2S. The highest BCUT2D eigenvalue weighted by atomic mass is 35.5. The summed E-state index contributed by atoms with van der Waals surface area (Å²) in [7, 11) is 0. The Hall–Kier alpha value is -1.40. The summed E-state index contributed by atoms with van der Waals surface area (Å²) in [5, 5.41) is 5.68. The van der Waals surface area contributed by atoms with E-state index in [9.17, 15) is 4.79 Å². The molecule has 0 saturated carbocycles. The van der Waals surface area contributed by atoms with Gasteiger partial charge in [-0.25, -0.2) is 0 Å². The van der Waals surface area contributed by atoms with Crippen LogP contribution in [0.1, 0.15) is 21.3 Å². The fourth-order valence-electron chi connectivity index (χ4n) is 2.70. The van der Waals surface area contributed by atoms with Gasteiger partial charge >= 0.3 is 0 Å². The number of nitrogens with one attached hydrogen (secondary N) is 1. The van der Waals surface area contributed by atoms with E-state index in [1.807, 2.05) is 6.07 Å². The highest BCUT2D eigenvalue weighted by Crippen LogP contribution is 2.25. The summed E-state index contributed by atoms with van der Waals surface area (Å²) in [5.74, 6) is -0.0951. The van der Waals surface area contributed by atoms with E-state index in [2.05, 4.69) is 21.7 Å². The van der Waals surface area contributed by atoms with Crippen LogP contribution in [0.5, 0.6) is 0 Å². The molecule has 3 rings (SSSR count). The summed E-state index contributed by atoms with van der Waals surface area (Å²) in [6.45, 7) is 3.82. The Bertz CT molecular complexity index is 642. The van der Waals surface area contributed by atoms with E-state index in [1.165, 1.54) is 4.88 Å². The molecular weight excluding hydrogens is 332 g/mol. The molecule has 1 aromatic heterocycles. The summed E-state index contributed by atoms with van der Waals surface area (Å²) in [6.07, 6.45) is 0. The molecule has 1 fully saturated rings. The predicted molar refractivity (Wildman–Crippen MR) is 93.2 cm³/mol. The van der Waals surface area contributed by atoms with Gasteiger partial charge in [-0.2, -0.15) is 0 Å². The van der Waals surface area contributed by atoms with Crippen LogP contribution in [0.15, 0.2) is 41.8 Å². The van der Waals surface area contributed by atoms with Crippen LogP contribution < -0.4 is 5.32 Å². The van der Waals surface area contributed by atoms with Crippen molar-refractivity contribution in [1.82, 2.24) is 10.2 Å². The maximum atomic E-state index is 12.3. The van der Waals surface area contributed by atoms with Gasteiger partial charge in [-0.15, -0.1) is 11.3 Å². The quantitative estimate of drug-likeness (QED) is 0.900. The second-order valence-corrected chi connectivity index (χ2v) is 6.82. The van der Waals surface area contributed by atoms with Crippen molar-refractivity contribution in [1.29, 1.82) is 0 Å². The highest BCUT2D eigenvalue weighted by molar-refractivity contribution is 7.10. The second kappa shape index (κ2) is 7.93. The van der Waals surface area contributed by atoms with Crippen molar-refractivity contribution in [3.05, 3.63) is 57.2 Å². The molecule has 23 heavy (non-hydrogen) atoms. The monoisotopic (exact) mass is 350 g/mol. The molecule has 4 nitrogen and oxygen atoms in total. The zero-order chi connectivity index (χ0) is 16.1. The van der Waals surface area contributed by atoms with Crippen molar-refractivity contribution >= 4 is 28.8 Å². The maximum Gasteiger partial charge on any atom is 0.251 e. The summed E-state index contributed by atoms with van der Waals surface area (Å²) in [4.78, 5) is 16.0. The van der Waals surface area contributed by atoms with Gasteiger partial charge in [0.05, 0.1) is 19.3 Å². The van der Waals surface area contributed by atoms with E-state index >= 15 is 0 Å². The van der Waals surface area contributed by atoms with Crippen molar-refractivity contribution in [3.8, 4) is 0 Å². The van der Waals surface area contributed by atoms with Gasteiger partial charge in [0.2, 0.25) is 0 Å². The number of carbonyl (C=O) groups excluding carboxylic acids is 1. The number of amides is 1. The summed E-state index contributed by atoms with van der Waals surface area (Å²) in [6, 6.07) is 11.4. The minimum Gasteiger partial charge on any atom is -0.379 e. The molecule has 1 atom stereocenters. The SMILES string of the molecule is O=C(NC[C@@H](c1cccs1)N1CCOCC1)c1cccc(Cl)c1. The number of rotatable bonds is 5. The van der Waals surface area contributed by atoms with E-state index in [4.69, 9.17) is 16.3 Å². The van der Waals surface area contributed by atoms with Crippen LogP contribution in [0.4, 0.5) is 0 Å². The first-order valence-corrected chi connectivity index (χ1v) is 8.89. The lowest BCUT2D eigenvalue weighted by molar-refractivity contribution is 0.0169. The molecule has 0 aliphatic carbocycles. The molecule has 6 heteroatoms. The standard InChI is InChI=1S/C17H19ClN2O2S/c18-14-4-1-3-13(11-14)17(21)19-12-15(16-5-2-10-23-16)20-6-8-22-9-7-20/h1-5,10-11,15H,6-9,12H2,(H,19,21)/t15-/m0/s1. The molecule has 1 aliphatic rings. The molecule has 1 amide bonds. The van der Waals surface area contributed by atoms with Crippen molar-refractivity contribution in [2.75, 3.05) is 32.8 Å². The van der Waals surface area contributed by atoms with Gasteiger partial charge < -0.3 is 10.1 Å². The lowest BCUT2D eigenvalue weighted by Crippen LogP contribution is -2.43. The average molecular weight is 351 g/mol. The first kappa shape index (κ1) is 16.5. The van der Waals surface area contributed by atoms with Crippen molar-refractivity contribution in [2.45, 2.75) is 6.04 Å². The van der Waals surface area contributed by atoms with Gasteiger partial charge in [-0.3, -0.25) is 9.69 Å². The van der Waals surface area contributed by atoms with Crippen LogP contribution in [-0.2, 0) is 4.74 Å². The number of morpholine rings is 1. The number of nitrogens with zero attached hydrogens (tertiary/aromatic N) is 1. The Morgan fingerprint density at radius 2 is 2.13 bits per heavy atom. The molecule has 1 saturated heterocycles. The van der Waals surface area contributed by atoms with Gasteiger partial charge in [-0.05, 0) is 29.6 Å². The zero-order valence-corrected chi connectivity index (χ0v) is 14.3. The molecule has 0 unspecified atom stereocenters. The molecule has 0 spiro atoms. The molecule has 2 heterocycles. The predicted octanol–water partition coefficient (Wildman–Crippen LogP) is 3.20. The fraction of sp³-hybridized carbons (Fsp3) is 0.353. The maximum absolute atomic E-state index is 12.3. The first-order valence-electron chi connectivity index (χ1n) is 7.63. The van der Waals surface area contributed by atoms with E-state index in [0.717, 1.165) is 26.3 Å². The first-order chi connectivity index (χ1) is 11.2. The van der Waals surface area contributed by atoms with Crippen molar-refractivity contribution < 1.29 is 9.53 Å². The van der Waals surface area contributed by atoms with Crippen LogP contribution in [-0.4, -0.2) is 43.7 Å². The van der Waals surface area contributed by atoms with Crippen LogP contribution in [0, 0.1) is 0 Å². The summed E-state index contributed by atoms with van der Waals surface area (Å²) >= 11 is 7.67. The Labute approximate surface area is 145 Å². The normalized spacial score (nSPS) is 16.9. The van der Waals surface area contributed by atoms with E-state index in [0.29, 0.717) is 17.1 Å². The third-order valence-corrected chi connectivity index (χ3v) is 5.11. The number of hydrogen-bond donors (Lipinski definition) is 1. The Morgan fingerprint density at radius 1 is 1.30 bits per heavy atom. The molecule has 1 aliphatic heterocycles. The smallest absolute Gasteiger partial charge is 0.251 e. The number of ether oxygens (including phenoxy) is 1. The van der Waals surface area contributed by atoms with Crippen molar-refractivity contribution in [3.63, 3.8) is 0 Å². The number of hydrogen-bond acceptors (Lipinski definition) is 4. The van der Waals surface area contributed by atoms with Gasteiger partial charge in [0, 0.05) is 35.1 Å². The Balaban J connectivity index is 1.67. The van der Waals surface area contributed by atoms with Gasteiger partial charge in [0.25, 0.3) is 5.91 Å². The average Bonchev–Trinajstić information content (AvgIpc) is 3.10. The zero-order valence-electron chi connectivity index (χ0n) is 12.7. The number of carbonyl (C=O) groups is 1. The summed E-state index contributed by atoms with van der Waals surface area (Å²) in [5.41, 5.74) is 0.587. The molecule has 2 aromatic rings. The van der Waals surface area contributed by atoms with Gasteiger partial charge in [0.15, 0.2) is 0 Å². The van der Waals surface area contributed by atoms with Crippen LogP contribution in [0.2, 0.25) is 5.02 Å². The largest absolute Gasteiger partial charge is 0.379 e. The summed E-state index contributed by atoms with van der Waals surface area (Å²) < 4.78 is 5.44. The highest BCUT2D eigenvalue weighted by Gasteiger charge is 2.24. The van der Waals surface area contributed by atoms with Gasteiger partial charge in [0.1, 0.15) is 0 Å². The van der Waals surface area contributed by atoms with Crippen LogP contribution >= 0.6 is 22.9 Å². The molecule has 1 N–H and O–H groups in total. The van der Waals surface area contributed by atoms with E-state index < -0.39 is 0 Å². The lowest BCUT2D eigenvalue weighted by atomic mass is 10.1. The number of halogens is 1. The van der Waals surface area contributed by atoms with Gasteiger partial charge in [-0.1, -0.05) is 23.7 Å².